The topological polar surface area (TPSA) is 175 Å². The van der Waals surface area contributed by atoms with Crippen LogP contribution < -0.4 is 10.2 Å². The summed E-state index contributed by atoms with van der Waals surface area (Å²) < 4.78 is 0. The zero-order chi connectivity index (χ0) is 5.41. The van der Waals surface area contributed by atoms with E-state index in [0.29, 0.717) is 0 Å². The van der Waals surface area contributed by atoms with Crippen molar-refractivity contribution in [3.05, 3.63) is 0 Å². The summed E-state index contributed by atoms with van der Waals surface area (Å²) in [6, 6.07) is 0. The zero-order valence-corrected chi connectivity index (χ0v) is 7.96. The van der Waals surface area contributed by atoms with Gasteiger partial charge in [0.05, 0.1) is 0 Å². The number of carboxylic acid groups (broad SMARTS) is 2. The fraction of sp³-hybridized carbons (Fsp3) is 0. The average molecular weight is 209 g/mol. The van der Waals surface area contributed by atoms with Crippen molar-refractivity contribution >= 4 is 12.9 Å². The van der Waals surface area contributed by atoms with Gasteiger partial charge in [0.2, 0.25) is 0 Å². The Bertz CT molecular complexity index is 32.6. The van der Waals surface area contributed by atoms with Gasteiger partial charge in [-0.25, -0.2) is 0 Å². The third-order valence-corrected chi connectivity index (χ3v) is 0. The molecule has 8 heteroatoms. The first-order valence-electron chi connectivity index (χ1n) is 0.943. The second kappa shape index (κ2) is 225. The quantitative estimate of drug-likeness (QED) is 0.285. The largest absolute Gasteiger partial charge is 2.00 e. The molecule has 0 atom stereocenters. The molecule has 6 N–H and O–H groups in total. The molecule has 0 heterocycles. The molecule has 0 amide bonds. The summed E-state index contributed by atoms with van der Waals surface area (Å²) in [7, 11) is 0. The number of rotatable bonds is 0. The molecule has 0 saturated carbocycles. The summed E-state index contributed by atoms with van der Waals surface area (Å²) in [5.41, 5.74) is 0. The van der Waals surface area contributed by atoms with Crippen LogP contribution in [0.15, 0.2) is 0 Å². The van der Waals surface area contributed by atoms with Crippen LogP contribution >= 0.6 is 0 Å². The molecular weight excluding hydrogens is 201 g/mol. The van der Waals surface area contributed by atoms with E-state index in [4.69, 9.17) is 19.8 Å². The molecule has 0 unspecified atom stereocenters. The molecule has 0 rings (SSSR count). The normalized spacial score (nSPS) is 2.40. The molecule has 0 saturated heterocycles. The molecule has 7 nitrogen and oxygen atoms in total. The molecule has 0 aliphatic rings. The van der Waals surface area contributed by atoms with Crippen LogP contribution in [0.1, 0.15) is 0 Å². The van der Waals surface area contributed by atoms with Crippen molar-refractivity contribution in [2.24, 2.45) is 0 Å². The van der Waals surface area contributed by atoms with Gasteiger partial charge in [-0.05, 0) is 0 Å². The second-order valence-electron chi connectivity index (χ2n) is 0.192. The average Bonchev–Trinajstić information content (AvgIpc) is 1.39. The van der Waals surface area contributed by atoms with Gasteiger partial charge < -0.3 is 36.2 Å². The number of carbonyl (C=O) groups is 2. The molecule has 0 aliphatic carbocycles. The van der Waals surface area contributed by atoms with Crippen molar-refractivity contribution in [2.45, 2.75) is 0 Å². The predicted octanol–water partition coefficient (Wildman–Crippen LogP) is -5.74. The second-order valence-corrected chi connectivity index (χ2v) is 0.192. The van der Waals surface area contributed by atoms with Crippen LogP contribution in [-0.4, -0.2) is 29.4 Å². The third-order valence-electron chi connectivity index (χ3n) is 0. The Morgan fingerprint density at radius 1 is 0.800 bits per heavy atom. The first kappa shape index (κ1) is 56.8. The van der Waals surface area contributed by atoms with Gasteiger partial charge >= 0.3 is 19.5 Å². The molecule has 0 aliphatic heterocycles. The summed E-state index contributed by atoms with van der Waals surface area (Å²) in [5.74, 6) is 0. The molecule has 10 heavy (non-hydrogen) atoms. The van der Waals surface area contributed by atoms with Crippen LogP contribution in [-0.2, 0) is 29.1 Å². The molecular formula is C2H8O7Zn. The van der Waals surface area contributed by atoms with E-state index in [0.717, 1.165) is 0 Å². The molecule has 0 fully saturated rings. The molecule has 60 valence electrons. The Balaban J connectivity index is -0.00000000571. The third kappa shape index (κ3) is 997. The van der Waals surface area contributed by atoms with Crippen molar-refractivity contribution in [1.82, 2.24) is 0 Å². The van der Waals surface area contributed by atoms with E-state index in [1.807, 2.05) is 0 Å². The fourth-order valence-corrected chi connectivity index (χ4v) is 0. The van der Waals surface area contributed by atoms with E-state index in [2.05, 4.69) is 0 Å². The van der Waals surface area contributed by atoms with Crippen LogP contribution in [0.3, 0.4) is 0 Å². The summed E-state index contributed by atoms with van der Waals surface area (Å²) in [4.78, 5) is 16.5. The number of hydrogen-bond donors (Lipinski definition) is 0. The van der Waals surface area contributed by atoms with Crippen molar-refractivity contribution in [1.29, 1.82) is 0 Å². The van der Waals surface area contributed by atoms with E-state index >= 15 is 0 Å². The molecule has 0 bridgehead atoms. The van der Waals surface area contributed by atoms with E-state index in [1.165, 1.54) is 0 Å². The van der Waals surface area contributed by atoms with Gasteiger partial charge in [0.15, 0.2) is 0 Å². The number of carbonyl (C=O) groups excluding carboxylic acids is 2. The first-order chi connectivity index (χ1) is 2.83. The molecule has 0 aromatic carbocycles. The van der Waals surface area contributed by atoms with Crippen LogP contribution in [0.4, 0.5) is 0 Å². The number of hydrogen-bond acceptors (Lipinski definition) is 4. The molecule has 0 aromatic heterocycles. The van der Waals surface area contributed by atoms with Gasteiger partial charge in [-0.3, -0.25) is 0 Å². The smallest absolute Gasteiger partial charge is 0.554 e. The van der Waals surface area contributed by atoms with E-state index in [1.54, 1.807) is 0 Å². The maximum atomic E-state index is 8.25. The monoisotopic (exact) mass is 208 g/mol. The van der Waals surface area contributed by atoms with E-state index < -0.39 is 12.9 Å². The van der Waals surface area contributed by atoms with E-state index in [-0.39, 0.29) is 35.9 Å². The predicted molar refractivity (Wildman–Crippen MR) is 23.0 cm³/mol. The van der Waals surface area contributed by atoms with Crippen molar-refractivity contribution in [2.75, 3.05) is 0 Å². The summed E-state index contributed by atoms with van der Waals surface area (Å²) in [6.07, 6.45) is 0. The van der Waals surface area contributed by atoms with Gasteiger partial charge in [0, 0.05) is 12.9 Å². The Morgan fingerprint density at radius 3 is 0.800 bits per heavy atom. The van der Waals surface area contributed by atoms with Crippen LogP contribution in [0.5, 0.6) is 0 Å². The SMILES string of the molecule is O.O.O.O=C[O-].O=C[O-].[Zn+2]. The molecule has 0 spiro atoms. The first-order valence-corrected chi connectivity index (χ1v) is 0.943. The zero-order valence-electron chi connectivity index (χ0n) is 4.99. The fourth-order valence-electron chi connectivity index (χ4n) is 0. The Kier molecular flexibility index (Phi) is 1270. The molecule has 0 aromatic rings. The van der Waals surface area contributed by atoms with Gasteiger partial charge in [0.1, 0.15) is 0 Å². The maximum absolute atomic E-state index is 8.25. The van der Waals surface area contributed by atoms with Crippen LogP contribution in [0.25, 0.3) is 0 Å². The van der Waals surface area contributed by atoms with Crippen LogP contribution in [0, 0.1) is 0 Å². The summed E-state index contributed by atoms with van der Waals surface area (Å²) in [6.45, 7) is -1.00. The van der Waals surface area contributed by atoms with Crippen molar-refractivity contribution < 1.29 is 55.7 Å². The minimum absolute atomic E-state index is 0. The van der Waals surface area contributed by atoms with Crippen molar-refractivity contribution in [3.63, 3.8) is 0 Å². The summed E-state index contributed by atoms with van der Waals surface area (Å²) in [5, 5.41) is 16.5. The minimum Gasteiger partial charge on any atom is -0.554 e. The summed E-state index contributed by atoms with van der Waals surface area (Å²) >= 11 is 0. The maximum Gasteiger partial charge on any atom is 2.00 e. The Labute approximate surface area is 69.3 Å². The van der Waals surface area contributed by atoms with Gasteiger partial charge in [0.25, 0.3) is 0 Å². The van der Waals surface area contributed by atoms with Gasteiger partial charge in [-0.15, -0.1) is 0 Å². The van der Waals surface area contributed by atoms with E-state index in [9.17, 15) is 0 Å². The Hall–Kier alpha value is -0.557. The van der Waals surface area contributed by atoms with Gasteiger partial charge in [-0.1, -0.05) is 0 Å². The minimum atomic E-state index is -0.500. The standard InChI is InChI=1S/2CH2O2.3H2O.Zn/c2*2-1-3;;;;/h2*1H,(H,2,3);3*1H2;/q;;;;;+2/p-2. The van der Waals surface area contributed by atoms with Crippen LogP contribution in [0.2, 0.25) is 0 Å². The Morgan fingerprint density at radius 2 is 0.800 bits per heavy atom. The van der Waals surface area contributed by atoms with Gasteiger partial charge in [-0.2, -0.15) is 0 Å². The van der Waals surface area contributed by atoms with Crippen molar-refractivity contribution in [3.8, 4) is 0 Å². The molecule has 0 radical (unpaired) electrons.